The van der Waals surface area contributed by atoms with Gasteiger partial charge in [-0.2, -0.15) is 5.10 Å². The topological polar surface area (TPSA) is 67.0 Å². The number of nitrogens with one attached hydrogen (secondary N) is 2. The van der Waals surface area contributed by atoms with Crippen LogP contribution in [0.4, 0.5) is 0 Å². The standard InChI is InChI=1S/C23H25N3O2/c1-2-3-14-28-18-11-8-17(9-12-18)22-20(15-24-26-22)23(27)25-21-13-10-16-6-4-5-7-19(16)21/h4-9,11-12,15,21H,2-3,10,13-14H2,1H3,(H,24,26)(H,25,27)/t21-/m0/s1. The normalized spacial score (nSPS) is 15.2. The highest BCUT2D eigenvalue weighted by atomic mass is 16.5. The number of H-pyrrole nitrogens is 1. The number of aryl methyl sites for hydroxylation is 1. The number of rotatable bonds is 7. The molecule has 1 aliphatic rings. The van der Waals surface area contributed by atoms with Gasteiger partial charge in [-0.1, -0.05) is 37.6 Å². The Morgan fingerprint density at radius 2 is 2.04 bits per heavy atom. The van der Waals surface area contributed by atoms with Crippen LogP contribution in [-0.2, 0) is 6.42 Å². The number of aromatic nitrogens is 2. The predicted molar refractivity (Wildman–Crippen MR) is 109 cm³/mol. The van der Waals surface area contributed by atoms with E-state index in [4.69, 9.17) is 4.74 Å². The van der Waals surface area contributed by atoms with Crippen molar-refractivity contribution in [3.05, 3.63) is 71.4 Å². The van der Waals surface area contributed by atoms with Crippen LogP contribution in [0.5, 0.6) is 5.75 Å². The molecule has 0 aliphatic heterocycles. The monoisotopic (exact) mass is 375 g/mol. The van der Waals surface area contributed by atoms with E-state index in [2.05, 4.69) is 34.6 Å². The Balaban J connectivity index is 1.47. The number of unbranched alkanes of at least 4 members (excludes halogenated alkanes) is 1. The first-order valence-electron chi connectivity index (χ1n) is 9.91. The first-order valence-corrected chi connectivity index (χ1v) is 9.91. The molecular weight excluding hydrogens is 350 g/mol. The fourth-order valence-corrected chi connectivity index (χ4v) is 3.67. The molecule has 1 atom stereocenters. The van der Waals surface area contributed by atoms with Crippen LogP contribution in [0.15, 0.2) is 54.7 Å². The molecule has 0 radical (unpaired) electrons. The van der Waals surface area contributed by atoms with Gasteiger partial charge in [0.05, 0.1) is 30.1 Å². The summed E-state index contributed by atoms with van der Waals surface area (Å²) in [6.45, 7) is 2.86. The van der Waals surface area contributed by atoms with E-state index in [0.717, 1.165) is 49.3 Å². The van der Waals surface area contributed by atoms with Crippen molar-refractivity contribution < 1.29 is 9.53 Å². The van der Waals surface area contributed by atoms with Gasteiger partial charge in [0, 0.05) is 5.56 Å². The summed E-state index contributed by atoms with van der Waals surface area (Å²) in [5.41, 5.74) is 4.73. The molecular formula is C23H25N3O2. The molecule has 2 aromatic carbocycles. The second-order valence-corrected chi connectivity index (χ2v) is 7.15. The molecule has 0 fully saturated rings. The molecule has 0 unspecified atom stereocenters. The number of aromatic amines is 1. The third kappa shape index (κ3) is 3.79. The van der Waals surface area contributed by atoms with E-state index in [1.165, 1.54) is 11.1 Å². The number of ether oxygens (including phenoxy) is 1. The van der Waals surface area contributed by atoms with Gasteiger partial charge in [0.25, 0.3) is 5.91 Å². The van der Waals surface area contributed by atoms with Crippen molar-refractivity contribution in [3.63, 3.8) is 0 Å². The minimum Gasteiger partial charge on any atom is -0.494 e. The van der Waals surface area contributed by atoms with Gasteiger partial charge in [-0.25, -0.2) is 0 Å². The minimum absolute atomic E-state index is 0.0563. The van der Waals surface area contributed by atoms with Crippen molar-refractivity contribution in [2.24, 2.45) is 0 Å². The summed E-state index contributed by atoms with van der Waals surface area (Å²) in [6.07, 6.45) is 5.67. The van der Waals surface area contributed by atoms with Crippen LogP contribution in [-0.4, -0.2) is 22.7 Å². The average molecular weight is 375 g/mol. The SMILES string of the molecule is CCCCOc1ccc(-c2[nH]ncc2C(=O)N[C@H]2CCc3ccccc32)cc1. The predicted octanol–water partition coefficient (Wildman–Crippen LogP) is 4.67. The number of amides is 1. The van der Waals surface area contributed by atoms with Crippen LogP contribution in [0, 0.1) is 0 Å². The van der Waals surface area contributed by atoms with Gasteiger partial charge in [-0.05, 0) is 54.7 Å². The molecule has 5 nitrogen and oxygen atoms in total. The lowest BCUT2D eigenvalue weighted by molar-refractivity contribution is 0.0937. The van der Waals surface area contributed by atoms with Crippen LogP contribution in [0.3, 0.4) is 0 Å². The highest BCUT2D eigenvalue weighted by Crippen LogP contribution is 2.31. The number of carbonyl (C=O) groups excluding carboxylic acids is 1. The van der Waals surface area contributed by atoms with Crippen LogP contribution in [0.1, 0.15) is 53.7 Å². The summed E-state index contributed by atoms with van der Waals surface area (Å²) in [6, 6.07) is 16.1. The van der Waals surface area contributed by atoms with Gasteiger partial charge in [0.1, 0.15) is 5.75 Å². The van der Waals surface area contributed by atoms with Gasteiger partial charge < -0.3 is 10.1 Å². The zero-order chi connectivity index (χ0) is 19.3. The van der Waals surface area contributed by atoms with Crippen LogP contribution >= 0.6 is 0 Å². The molecule has 1 aliphatic carbocycles. The van der Waals surface area contributed by atoms with Gasteiger partial charge in [0.2, 0.25) is 0 Å². The quantitative estimate of drug-likeness (QED) is 0.590. The van der Waals surface area contributed by atoms with Gasteiger partial charge in [-0.3, -0.25) is 9.89 Å². The number of carbonyl (C=O) groups is 1. The summed E-state index contributed by atoms with van der Waals surface area (Å²) >= 11 is 0. The summed E-state index contributed by atoms with van der Waals surface area (Å²) in [5.74, 6) is 0.735. The molecule has 3 aromatic rings. The zero-order valence-electron chi connectivity index (χ0n) is 16.1. The molecule has 0 saturated heterocycles. The fourth-order valence-electron chi connectivity index (χ4n) is 3.67. The Bertz CT molecular complexity index is 946. The zero-order valence-corrected chi connectivity index (χ0v) is 16.1. The number of hydrogen-bond donors (Lipinski definition) is 2. The van der Waals surface area contributed by atoms with Crippen molar-refractivity contribution in [1.29, 1.82) is 0 Å². The third-order valence-corrected chi connectivity index (χ3v) is 5.23. The minimum atomic E-state index is -0.103. The Morgan fingerprint density at radius 1 is 1.21 bits per heavy atom. The maximum Gasteiger partial charge on any atom is 0.255 e. The molecule has 5 heteroatoms. The molecule has 2 N–H and O–H groups in total. The van der Waals surface area contributed by atoms with E-state index in [1.54, 1.807) is 6.20 Å². The third-order valence-electron chi connectivity index (χ3n) is 5.23. The lowest BCUT2D eigenvalue weighted by Gasteiger charge is -2.14. The van der Waals surface area contributed by atoms with Crippen molar-refractivity contribution in [2.75, 3.05) is 6.61 Å². The molecule has 0 saturated carbocycles. The van der Waals surface area contributed by atoms with E-state index in [9.17, 15) is 4.79 Å². The molecule has 4 rings (SSSR count). The van der Waals surface area contributed by atoms with Crippen LogP contribution < -0.4 is 10.1 Å². The van der Waals surface area contributed by atoms with Crippen LogP contribution in [0.25, 0.3) is 11.3 Å². The van der Waals surface area contributed by atoms with Crippen molar-refractivity contribution in [1.82, 2.24) is 15.5 Å². The van der Waals surface area contributed by atoms with E-state index in [-0.39, 0.29) is 11.9 Å². The summed E-state index contributed by atoms with van der Waals surface area (Å²) in [5, 5.41) is 10.2. The highest BCUT2D eigenvalue weighted by molar-refractivity contribution is 6.00. The van der Waals surface area contributed by atoms with Gasteiger partial charge in [-0.15, -0.1) is 0 Å². The number of fused-ring (bicyclic) bond motifs is 1. The first kappa shape index (κ1) is 18.3. The molecule has 1 aromatic heterocycles. The second-order valence-electron chi connectivity index (χ2n) is 7.15. The Hall–Kier alpha value is -3.08. The Morgan fingerprint density at radius 3 is 2.86 bits per heavy atom. The highest BCUT2D eigenvalue weighted by Gasteiger charge is 2.25. The maximum atomic E-state index is 12.9. The summed E-state index contributed by atoms with van der Waals surface area (Å²) < 4.78 is 5.71. The Labute approximate surface area is 165 Å². The number of nitrogens with zero attached hydrogens (tertiary/aromatic N) is 1. The fraction of sp³-hybridized carbons (Fsp3) is 0.304. The van der Waals surface area contributed by atoms with E-state index in [0.29, 0.717) is 5.56 Å². The van der Waals surface area contributed by atoms with E-state index < -0.39 is 0 Å². The lowest BCUT2D eigenvalue weighted by Crippen LogP contribution is -2.27. The van der Waals surface area contributed by atoms with Crippen molar-refractivity contribution in [2.45, 2.75) is 38.6 Å². The molecule has 0 spiro atoms. The van der Waals surface area contributed by atoms with E-state index in [1.807, 2.05) is 36.4 Å². The van der Waals surface area contributed by atoms with Crippen molar-refractivity contribution >= 4 is 5.91 Å². The molecule has 0 bridgehead atoms. The Kier molecular flexibility index (Phi) is 5.42. The number of benzene rings is 2. The number of hydrogen-bond acceptors (Lipinski definition) is 3. The largest absolute Gasteiger partial charge is 0.494 e. The van der Waals surface area contributed by atoms with Crippen molar-refractivity contribution in [3.8, 4) is 17.0 Å². The molecule has 28 heavy (non-hydrogen) atoms. The maximum absolute atomic E-state index is 12.9. The van der Waals surface area contributed by atoms with Gasteiger partial charge >= 0.3 is 0 Å². The van der Waals surface area contributed by atoms with E-state index >= 15 is 0 Å². The molecule has 1 amide bonds. The smallest absolute Gasteiger partial charge is 0.255 e. The van der Waals surface area contributed by atoms with Gasteiger partial charge in [0.15, 0.2) is 0 Å². The molecule has 1 heterocycles. The van der Waals surface area contributed by atoms with Crippen LogP contribution in [0.2, 0.25) is 0 Å². The average Bonchev–Trinajstić information content (AvgIpc) is 3.37. The lowest BCUT2D eigenvalue weighted by atomic mass is 10.1. The summed E-state index contributed by atoms with van der Waals surface area (Å²) in [7, 11) is 0. The second kappa shape index (κ2) is 8.30. The first-order chi connectivity index (χ1) is 13.8. The summed E-state index contributed by atoms with van der Waals surface area (Å²) in [4.78, 5) is 12.9. The molecule has 144 valence electrons.